The molecule has 0 saturated carbocycles. The maximum absolute atomic E-state index is 13.5. The van der Waals surface area contributed by atoms with Crippen molar-refractivity contribution in [2.24, 2.45) is 0 Å². The molecule has 31 heavy (non-hydrogen) atoms. The van der Waals surface area contributed by atoms with Gasteiger partial charge in [0.25, 0.3) is 5.91 Å². The summed E-state index contributed by atoms with van der Waals surface area (Å²) in [6.45, 7) is 5.04. The van der Waals surface area contributed by atoms with E-state index in [4.69, 9.17) is 4.74 Å². The van der Waals surface area contributed by atoms with Crippen molar-refractivity contribution in [2.75, 3.05) is 18.5 Å². The van der Waals surface area contributed by atoms with Crippen molar-refractivity contribution in [1.82, 2.24) is 15.1 Å². The fourth-order valence-corrected chi connectivity index (χ4v) is 4.74. The molecule has 3 aromatic rings. The highest BCUT2D eigenvalue weighted by Gasteiger charge is 2.26. The topological polar surface area (TPSA) is 85.3 Å². The van der Waals surface area contributed by atoms with Crippen LogP contribution >= 0.6 is 11.8 Å². The van der Waals surface area contributed by atoms with E-state index in [1.54, 1.807) is 16.4 Å². The Labute approximate surface area is 185 Å². The standard InChI is InChI=1S/C23H26N4O3S/c1-3-11-24-20(28)12-27-22(17-13-31-14-18(17)26-27)25-23(29)21-16-8-6-5-7-15(16)9-10-19(21)30-4-2/h5-10H,3-4,11-14H2,1-2H3,(H,24,28)(H,25,29). The largest absolute Gasteiger partial charge is 0.493 e. The summed E-state index contributed by atoms with van der Waals surface area (Å²) >= 11 is 1.75. The summed E-state index contributed by atoms with van der Waals surface area (Å²) in [4.78, 5) is 25.8. The van der Waals surface area contributed by atoms with E-state index in [9.17, 15) is 9.59 Å². The Morgan fingerprint density at radius 2 is 2.00 bits per heavy atom. The van der Waals surface area contributed by atoms with E-state index in [1.807, 2.05) is 50.2 Å². The predicted octanol–water partition coefficient (Wildman–Crippen LogP) is 3.96. The second-order valence-corrected chi connectivity index (χ2v) is 8.31. The van der Waals surface area contributed by atoms with Crippen molar-refractivity contribution in [2.45, 2.75) is 38.3 Å². The number of thioether (sulfide) groups is 1. The SMILES string of the molecule is CCCNC(=O)Cn1nc2c(c1NC(=O)c1c(OCC)ccc3ccccc13)CSC2. The first-order chi connectivity index (χ1) is 15.1. The van der Waals surface area contributed by atoms with Crippen LogP contribution < -0.4 is 15.4 Å². The Bertz CT molecular complexity index is 1130. The summed E-state index contributed by atoms with van der Waals surface area (Å²) in [7, 11) is 0. The normalized spacial score (nSPS) is 12.6. The molecule has 7 nitrogen and oxygen atoms in total. The van der Waals surface area contributed by atoms with Gasteiger partial charge in [0.15, 0.2) is 0 Å². The number of amides is 2. The van der Waals surface area contributed by atoms with Crippen LogP contribution in [0.4, 0.5) is 5.82 Å². The summed E-state index contributed by atoms with van der Waals surface area (Å²) < 4.78 is 7.38. The van der Waals surface area contributed by atoms with Gasteiger partial charge in [-0.1, -0.05) is 37.3 Å². The van der Waals surface area contributed by atoms with Gasteiger partial charge in [0.1, 0.15) is 18.1 Å². The summed E-state index contributed by atoms with van der Waals surface area (Å²) in [5.41, 5.74) is 2.40. The van der Waals surface area contributed by atoms with Gasteiger partial charge in [-0.2, -0.15) is 16.9 Å². The second-order valence-electron chi connectivity index (χ2n) is 7.32. The number of aromatic nitrogens is 2. The molecule has 162 valence electrons. The Balaban J connectivity index is 1.69. The summed E-state index contributed by atoms with van der Waals surface area (Å²) in [5.74, 6) is 2.28. The molecule has 1 aliphatic rings. The van der Waals surface area contributed by atoms with Crippen molar-refractivity contribution < 1.29 is 14.3 Å². The van der Waals surface area contributed by atoms with E-state index >= 15 is 0 Å². The monoisotopic (exact) mass is 438 g/mol. The van der Waals surface area contributed by atoms with Crippen LogP contribution in [0.1, 0.15) is 41.9 Å². The molecule has 2 heterocycles. The van der Waals surface area contributed by atoms with Gasteiger partial charge in [-0.3, -0.25) is 9.59 Å². The summed E-state index contributed by atoms with van der Waals surface area (Å²) in [6.07, 6.45) is 0.864. The molecule has 0 spiro atoms. The molecule has 0 aliphatic carbocycles. The third-order valence-corrected chi connectivity index (χ3v) is 6.10. The van der Waals surface area contributed by atoms with Crippen LogP contribution in [0, 0.1) is 0 Å². The maximum atomic E-state index is 13.5. The van der Waals surface area contributed by atoms with E-state index in [2.05, 4.69) is 15.7 Å². The molecule has 4 rings (SSSR count). The lowest BCUT2D eigenvalue weighted by atomic mass is 10.0. The zero-order valence-corrected chi connectivity index (χ0v) is 18.6. The van der Waals surface area contributed by atoms with Gasteiger partial charge in [-0.25, -0.2) is 4.68 Å². The van der Waals surface area contributed by atoms with Gasteiger partial charge in [0, 0.05) is 23.6 Å². The first-order valence-electron chi connectivity index (χ1n) is 10.5. The van der Waals surface area contributed by atoms with Gasteiger partial charge < -0.3 is 15.4 Å². The fraction of sp³-hybridized carbons (Fsp3) is 0.348. The molecule has 2 amide bonds. The van der Waals surface area contributed by atoms with E-state index in [0.717, 1.165) is 40.0 Å². The lowest BCUT2D eigenvalue weighted by Gasteiger charge is -2.15. The average molecular weight is 439 g/mol. The van der Waals surface area contributed by atoms with E-state index in [-0.39, 0.29) is 18.4 Å². The third-order valence-electron chi connectivity index (χ3n) is 5.13. The average Bonchev–Trinajstić information content (AvgIpc) is 3.34. The van der Waals surface area contributed by atoms with Crippen molar-refractivity contribution in [3.63, 3.8) is 0 Å². The zero-order chi connectivity index (χ0) is 21.8. The van der Waals surface area contributed by atoms with Crippen molar-refractivity contribution >= 4 is 40.2 Å². The van der Waals surface area contributed by atoms with Crippen molar-refractivity contribution in [3.8, 4) is 5.75 Å². The molecule has 0 fully saturated rings. The number of carbonyl (C=O) groups excluding carboxylic acids is 2. The Morgan fingerprint density at radius 3 is 2.81 bits per heavy atom. The number of anilines is 1. The number of fused-ring (bicyclic) bond motifs is 2. The molecule has 2 aromatic carbocycles. The lowest BCUT2D eigenvalue weighted by Crippen LogP contribution is -2.29. The van der Waals surface area contributed by atoms with Gasteiger partial charge in [0.05, 0.1) is 17.9 Å². The number of carbonyl (C=O) groups is 2. The molecular formula is C23H26N4O3S. The molecule has 0 saturated heterocycles. The Morgan fingerprint density at radius 1 is 1.16 bits per heavy atom. The van der Waals surface area contributed by atoms with Crippen molar-refractivity contribution in [3.05, 3.63) is 53.2 Å². The van der Waals surface area contributed by atoms with E-state index in [0.29, 0.717) is 30.3 Å². The number of benzene rings is 2. The van der Waals surface area contributed by atoms with Gasteiger partial charge in [-0.05, 0) is 30.2 Å². The minimum atomic E-state index is -0.268. The van der Waals surface area contributed by atoms with Crippen LogP contribution in [0.15, 0.2) is 36.4 Å². The third kappa shape index (κ3) is 4.39. The van der Waals surface area contributed by atoms with Crippen LogP contribution in [0.2, 0.25) is 0 Å². The lowest BCUT2D eigenvalue weighted by molar-refractivity contribution is -0.121. The Hall–Kier alpha value is -3.00. The van der Waals surface area contributed by atoms with Gasteiger partial charge >= 0.3 is 0 Å². The fourth-order valence-electron chi connectivity index (χ4n) is 3.71. The van der Waals surface area contributed by atoms with E-state index in [1.165, 1.54) is 0 Å². The minimum absolute atomic E-state index is 0.0706. The molecule has 2 N–H and O–H groups in total. The van der Waals surface area contributed by atoms with Crippen LogP contribution in [-0.4, -0.2) is 34.7 Å². The Kier molecular flexibility index (Phi) is 6.46. The molecule has 1 aliphatic heterocycles. The molecule has 0 atom stereocenters. The molecular weight excluding hydrogens is 412 g/mol. The second kappa shape index (κ2) is 9.43. The predicted molar refractivity (Wildman–Crippen MR) is 124 cm³/mol. The highest BCUT2D eigenvalue weighted by molar-refractivity contribution is 7.98. The van der Waals surface area contributed by atoms with Crippen molar-refractivity contribution in [1.29, 1.82) is 0 Å². The highest BCUT2D eigenvalue weighted by Crippen LogP contribution is 2.36. The number of nitrogens with zero attached hydrogens (tertiary/aromatic N) is 2. The molecule has 0 bridgehead atoms. The number of hydrogen-bond donors (Lipinski definition) is 2. The van der Waals surface area contributed by atoms with Crippen LogP contribution in [0.5, 0.6) is 5.75 Å². The smallest absolute Gasteiger partial charge is 0.261 e. The quantitative estimate of drug-likeness (QED) is 0.556. The number of rotatable bonds is 8. The zero-order valence-electron chi connectivity index (χ0n) is 17.7. The van der Waals surface area contributed by atoms with E-state index < -0.39 is 0 Å². The molecule has 0 unspecified atom stereocenters. The first kappa shape index (κ1) is 21.2. The minimum Gasteiger partial charge on any atom is -0.493 e. The highest BCUT2D eigenvalue weighted by atomic mass is 32.2. The molecule has 1 aromatic heterocycles. The van der Waals surface area contributed by atoms with Crippen LogP contribution in [0.25, 0.3) is 10.8 Å². The molecule has 0 radical (unpaired) electrons. The summed E-state index contributed by atoms with van der Waals surface area (Å²) in [6, 6.07) is 11.5. The number of ether oxygens (including phenoxy) is 1. The maximum Gasteiger partial charge on any atom is 0.261 e. The first-order valence-corrected chi connectivity index (χ1v) is 11.7. The molecule has 8 heteroatoms. The summed E-state index contributed by atoms with van der Waals surface area (Å²) in [5, 5.41) is 12.3. The van der Waals surface area contributed by atoms with Crippen LogP contribution in [0.3, 0.4) is 0 Å². The van der Waals surface area contributed by atoms with Gasteiger partial charge in [-0.15, -0.1) is 0 Å². The number of hydrogen-bond acceptors (Lipinski definition) is 5. The van der Waals surface area contributed by atoms with Gasteiger partial charge in [0.2, 0.25) is 5.91 Å². The number of nitrogens with one attached hydrogen (secondary N) is 2. The van der Waals surface area contributed by atoms with Crippen LogP contribution in [-0.2, 0) is 22.8 Å².